The molecular weight excluding hydrogens is 441 g/mol. The number of carbonyl (C=O) groups excluding carboxylic acids is 1. The van der Waals surface area contributed by atoms with Crippen molar-refractivity contribution in [3.63, 3.8) is 0 Å². The van der Waals surface area contributed by atoms with Gasteiger partial charge in [-0.15, -0.1) is 0 Å². The topological polar surface area (TPSA) is 98.3 Å². The van der Waals surface area contributed by atoms with E-state index >= 15 is 0 Å². The summed E-state index contributed by atoms with van der Waals surface area (Å²) in [6.07, 6.45) is 1.67. The number of carbonyl (C=O) groups is 1. The van der Waals surface area contributed by atoms with Crippen LogP contribution in [0.2, 0.25) is 0 Å². The van der Waals surface area contributed by atoms with Crippen molar-refractivity contribution >= 4 is 16.9 Å². The van der Waals surface area contributed by atoms with Crippen molar-refractivity contribution in [1.82, 2.24) is 23.9 Å². The van der Waals surface area contributed by atoms with Gasteiger partial charge in [0.05, 0.1) is 10.9 Å². The second kappa shape index (κ2) is 9.38. The predicted octanol–water partition coefficient (Wildman–Crippen LogP) is 0.717. The molecule has 9 nitrogen and oxygen atoms in total. The van der Waals surface area contributed by atoms with E-state index in [2.05, 4.69) is 10.2 Å². The Morgan fingerprint density at radius 2 is 1.71 bits per heavy atom. The predicted molar refractivity (Wildman–Crippen MR) is 126 cm³/mol. The molecule has 1 saturated heterocycles. The zero-order valence-corrected chi connectivity index (χ0v) is 19.5. The van der Waals surface area contributed by atoms with Crippen LogP contribution in [-0.4, -0.2) is 44.1 Å². The molecule has 0 saturated carbocycles. The number of nitrogens with one attached hydrogen (secondary N) is 1. The lowest BCUT2D eigenvalue weighted by atomic mass is 9.96. The Morgan fingerprint density at radius 1 is 1.03 bits per heavy atom. The third kappa shape index (κ3) is 4.33. The van der Waals surface area contributed by atoms with Gasteiger partial charge in [0.2, 0.25) is 0 Å². The summed E-state index contributed by atoms with van der Waals surface area (Å²) in [5, 5.41) is 2.89. The van der Waals surface area contributed by atoms with Gasteiger partial charge >= 0.3 is 5.69 Å². The van der Waals surface area contributed by atoms with Crippen LogP contribution in [0, 0.1) is 11.7 Å². The molecule has 0 atom stereocenters. The summed E-state index contributed by atoms with van der Waals surface area (Å²) in [7, 11) is 4.26. The summed E-state index contributed by atoms with van der Waals surface area (Å²) >= 11 is 0. The fourth-order valence-corrected chi connectivity index (χ4v) is 4.59. The molecule has 180 valence electrons. The van der Waals surface area contributed by atoms with E-state index < -0.39 is 22.7 Å². The summed E-state index contributed by atoms with van der Waals surface area (Å²) in [6, 6.07) is 7.89. The van der Waals surface area contributed by atoms with Crippen molar-refractivity contribution < 1.29 is 9.18 Å². The van der Waals surface area contributed by atoms with Crippen molar-refractivity contribution in [2.75, 3.05) is 19.6 Å². The number of hydrogen-bond acceptors (Lipinski definition) is 5. The van der Waals surface area contributed by atoms with Crippen LogP contribution in [0.5, 0.6) is 0 Å². The highest BCUT2D eigenvalue weighted by Crippen LogP contribution is 2.20. The lowest BCUT2D eigenvalue weighted by Gasteiger charge is -2.32. The standard InChI is InChI=1S/C24H28FN5O4/c1-27-19(31)12-17(20-22(27)28(2)24(34)29(3)23(20)33)21(32)26-13-15-8-10-30(11-9-15)14-16-6-4-5-7-18(16)25/h4-7,12,15H,8-11,13-14H2,1-3H3,(H,26,32). The van der Waals surface area contributed by atoms with Gasteiger partial charge in [0, 0.05) is 45.9 Å². The number of amides is 1. The van der Waals surface area contributed by atoms with Crippen LogP contribution in [0.3, 0.4) is 0 Å². The van der Waals surface area contributed by atoms with Crippen molar-refractivity contribution in [3.05, 3.63) is 78.5 Å². The van der Waals surface area contributed by atoms with E-state index in [1.807, 2.05) is 6.07 Å². The Balaban J connectivity index is 1.47. The lowest BCUT2D eigenvalue weighted by Crippen LogP contribution is -2.42. The van der Waals surface area contributed by atoms with Crippen molar-refractivity contribution in [2.45, 2.75) is 19.4 Å². The van der Waals surface area contributed by atoms with Crippen LogP contribution < -0.4 is 22.1 Å². The van der Waals surface area contributed by atoms with Gasteiger partial charge in [0.1, 0.15) is 11.5 Å². The number of pyridine rings is 1. The van der Waals surface area contributed by atoms with Crippen molar-refractivity contribution in [2.24, 2.45) is 27.1 Å². The molecular formula is C24H28FN5O4. The van der Waals surface area contributed by atoms with Crippen LogP contribution in [0.4, 0.5) is 4.39 Å². The average molecular weight is 470 g/mol. The molecule has 1 aliphatic heterocycles. The van der Waals surface area contributed by atoms with E-state index in [4.69, 9.17) is 0 Å². The monoisotopic (exact) mass is 469 g/mol. The van der Waals surface area contributed by atoms with Crippen LogP contribution in [-0.2, 0) is 27.7 Å². The first-order valence-corrected chi connectivity index (χ1v) is 11.2. The third-order valence-electron chi connectivity index (χ3n) is 6.67. The van der Waals surface area contributed by atoms with Gasteiger partial charge in [-0.2, -0.15) is 0 Å². The summed E-state index contributed by atoms with van der Waals surface area (Å²) in [5.74, 6) is -0.500. The Kier molecular flexibility index (Phi) is 6.52. The van der Waals surface area contributed by atoms with Crippen molar-refractivity contribution in [3.8, 4) is 0 Å². The van der Waals surface area contributed by atoms with Crippen LogP contribution in [0.1, 0.15) is 28.8 Å². The minimum atomic E-state index is -0.625. The van der Waals surface area contributed by atoms with Crippen LogP contribution in [0.15, 0.2) is 44.7 Å². The molecule has 0 unspecified atom stereocenters. The molecule has 3 aromatic rings. The van der Waals surface area contributed by atoms with E-state index in [-0.39, 0.29) is 28.3 Å². The summed E-state index contributed by atoms with van der Waals surface area (Å²) in [4.78, 5) is 52.8. The maximum absolute atomic E-state index is 13.9. The number of aromatic nitrogens is 3. The van der Waals surface area contributed by atoms with Gasteiger partial charge in [0.15, 0.2) is 0 Å². The number of likely N-dealkylation sites (tertiary alicyclic amines) is 1. The van der Waals surface area contributed by atoms with Crippen molar-refractivity contribution in [1.29, 1.82) is 0 Å². The number of hydrogen-bond donors (Lipinski definition) is 1. The van der Waals surface area contributed by atoms with Crippen LogP contribution in [0.25, 0.3) is 11.0 Å². The second-order valence-electron chi connectivity index (χ2n) is 8.88. The Morgan fingerprint density at radius 3 is 2.38 bits per heavy atom. The average Bonchev–Trinajstić information content (AvgIpc) is 2.83. The highest BCUT2D eigenvalue weighted by molar-refractivity contribution is 6.05. The quantitative estimate of drug-likeness (QED) is 0.594. The normalized spacial score (nSPS) is 15.1. The van der Waals surface area contributed by atoms with Gasteiger partial charge in [-0.1, -0.05) is 18.2 Å². The number of nitrogens with zero attached hydrogens (tertiary/aromatic N) is 4. The minimum Gasteiger partial charge on any atom is -0.352 e. The van der Waals surface area contributed by atoms with Gasteiger partial charge < -0.3 is 5.32 Å². The molecule has 3 heterocycles. The maximum atomic E-state index is 13.9. The van der Waals surface area contributed by atoms with E-state index in [0.29, 0.717) is 18.7 Å². The number of piperidine rings is 1. The summed E-state index contributed by atoms with van der Waals surface area (Å²) in [5.41, 5.74) is -0.948. The largest absolute Gasteiger partial charge is 0.352 e. The fourth-order valence-electron chi connectivity index (χ4n) is 4.59. The Labute approximate surface area is 195 Å². The molecule has 1 amide bonds. The molecule has 1 aliphatic rings. The second-order valence-corrected chi connectivity index (χ2v) is 8.88. The Bertz CT molecular complexity index is 1430. The molecule has 1 N–H and O–H groups in total. The zero-order chi connectivity index (χ0) is 24.6. The summed E-state index contributed by atoms with van der Waals surface area (Å²) < 4.78 is 17.2. The number of benzene rings is 1. The molecule has 0 aliphatic carbocycles. The van der Waals surface area contributed by atoms with E-state index in [1.54, 1.807) is 12.1 Å². The first kappa shape index (κ1) is 23.6. The van der Waals surface area contributed by atoms with Gasteiger partial charge in [-0.3, -0.25) is 33.0 Å². The first-order chi connectivity index (χ1) is 16.2. The molecule has 1 fully saturated rings. The van der Waals surface area contributed by atoms with Gasteiger partial charge in [-0.05, 0) is 37.9 Å². The number of halogens is 1. The highest BCUT2D eigenvalue weighted by atomic mass is 19.1. The minimum absolute atomic E-state index is 0.0314. The number of rotatable bonds is 5. The SMILES string of the molecule is Cn1c(=O)c2c(C(=O)NCC3CCN(Cc4ccccc4F)CC3)cc(=O)n(C)c2n(C)c1=O. The number of aryl methyl sites for hydroxylation is 2. The third-order valence-corrected chi connectivity index (χ3v) is 6.67. The zero-order valence-electron chi connectivity index (χ0n) is 19.5. The highest BCUT2D eigenvalue weighted by Gasteiger charge is 2.23. The maximum Gasteiger partial charge on any atom is 0.332 e. The van der Waals surface area contributed by atoms with Gasteiger partial charge in [-0.25, -0.2) is 9.18 Å². The smallest absolute Gasteiger partial charge is 0.332 e. The molecule has 0 radical (unpaired) electrons. The molecule has 34 heavy (non-hydrogen) atoms. The molecule has 2 aromatic heterocycles. The fraction of sp³-hybridized carbons (Fsp3) is 0.417. The van der Waals surface area contributed by atoms with Gasteiger partial charge in [0.25, 0.3) is 17.0 Å². The van der Waals surface area contributed by atoms with E-state index in [0.717, 1.165) is 36.6 Å². The first-order valence-electron chi connectivity index (χ1n) is 11.2. The van der Waals surface area contributed by atoms with E-state index in [9.17, 15) is 23.6 Å². The lowest BCUT2D eigenvalue weighted by molar-refractivity contribution is 0.0936. The molecule has 0 bridgehead atoms. The summed E-state index contributed by atoms with van der Waals surface area (Å²) in [6.45, 7) is 2.51. The molecule has 10 heteroatoms. The number of fused-ring (bicyclic) bond motifs is 1. The van der Waals surface area contributed by atoms with Crippen LogP contribution >= 0.6 is 0 Å². The molecule has 4 rings (SSSR count). The molecule has 0 spiro atoms. The Hall–Kier alpha value is -3.53. The molecule has 1 aromatic carbocycles. The van der Waals surface area contributed by atoms with E-state index in [1.165, 1.54) is 36.3 Å².